The van der Waals surface area contributed by atoms with Crippen LogP contribution in [0, 0.1) is 6.92 Å². The molecule has 5 nitrogen and oxygen atoms in total. The van der Waals surface area contributed by atoms with E-state index in [0.717, 1.165) is 22.2 Å². The molecule has 1 aromatic rings. The molecular weight excluding hydrogens is 423 g/mol. The Labute approximate surface area is 154 Å². The molecule has 2 aliphatic rings. The Kier molecular flexibility index (Phi) is 4.61. The Morgan fingerprint density at radius 1 is 1.44 bits per heavy atom. The Bertz CT molecular complexity index is 753. The lowest BCUT2D eigenvalue weighted by Crippen LogP contribution is -2.63. The second kappa shape index (κ2) is 6.31. The Hall–Kier alpha value is -1.55. The third-order valence-corrected chi connectivity index (χ3v) is 6.28. The minimum absolute atomic E-state index is 0.0176. The van der Waals surface area contributed by atoms with Crippen LogP contribution >= 0.6 is 27.7 Å². The molecular formula is C15H13BrF3N3O2S. The number of carbonyl (C=O) groups excluding carboxylic acids is 2. The zero-order valence-electron chi connectivity index (χ0n) is 12.9. The van der Waals surface area contributed by atoms with Gasteiger partial charge in [-0.3, -0.25) is 14.5 Å². The quantitative estimate of drug-likeness (QED) is 0.742. The average molecular weight is 436 g/mol. The predicted molar refractivity (Wildman–Crippen MR) is 91.8 cm³/mol. The third kappa shape index (κ3) is 3.05. The van der Waals surface area contributed by atoms with Crippen molar-refractivity contribution in [2.75, 3.05) is 11.9 Å². The van der Waals surface area contributed by atoms with Crippen LogP contribution in [0.4, 0.5) is 13.2 Å². The first-order valence-corrected chi connectivity index (χ1v) is 9.28. The third-order valence-electron chi connectivity index (χ3n) is 3.90. The molecule has 3 rings (SSSR count). The van der Waals surface area contributed by atoms with Crippen LogP contribution in [0.5, 0.6) is 0 Å². The lowest BCUT2D eigenvalue weighted by Gasteiger charge is -2.29. The molecule has 1 fully saturated rings. The van der Waals surface area contributed by atoms with Gasteiger partial charge in [0, 0.05) is 22.7 Å². The number of thioether (sulfide) groups is 1. The summed E-state index contributed by atoms with van der Waals surface area (Å²) in [5, 5.41) is 2.25. The van der Waals surface area contributed by atoms with Crippen LogP contribution < -0.4 is 5.32 Å². The van der Waals surface area contributed by atoms with Crippen molar-refractivity contribution in [2.24, 2.45) is 4.99 Å². The molecule has 2 amide bonds. The molecule has 0 spiro atoms. The highest BCUT2D eigenvalue weighted by molar-refractivity contribution is 9.09. The highest BCUT2D eigenvalue weighted by Crippen LogP contribution is 2.42. The number of alkyl halides is 4. The van der Waals surface area contributed by atoms with Crippen LogP contribution in [0.25, 0.3) is 0 Å². The average Bonchev–Trinajstić information content (AvgIpc) is 3.05. The van der Waals surface area contributed by atoms with Crippen LogP contribution in [0.1, 0.15) is 15.9 Å². The fourth-order valence-corrected chi connectivity index (χ4v) is 4.19. The monoisotopic (exact) mass is 435 g/mol. The molecule has 2 heterocycles. The summed E-state index contributed by atoms with van der Waals surface area (Å²) in [5.41, 5.74) is -2.38. The fourth-order valence-electron chi connectivity index (χ4n) is 2.53. The predicted octanol–water partition coefficient (Wildman–Crippen LogP) is 2.69. The van der Waals surface area contributed by atoms with E-state index in [2.05, 4.69) is 20.9 Å². The van der Waals surface area contributed by atoms with Crippen LogP contribution in [-0.2, 0) is 4.79 Å². The van der Waals surface area contributed by atoms with Crippen molar-refractivity contribution in [3.63, 3.8) is 0 Å². The van der Waals surface area contributed by atoms with Gasteiger partial charge in [-0.15, -0.1) is 0 Å². The van der Waals surface area contributed by atoms with Gasteiger partial charge in [-0.2, -0.15) is 13.2 Å². The lowest BCUT2D eigenvalue weighted by molar-refractivity contribution is -0.196. The molecule has 25 heavy (non-hydrogen) atoms. The highest BCUT2D eigenvalue weighted by atomic mass is 79.9. The number of nitrogens with one attached hydrogen (secondary N) is 1. The van der Waals surface area contributed by atoms with Crippen LogP contribution in [0.2, 0.25) is 0 Å². The number of benzene rings is 1. The number of aryl methyl sites for hydroxylation is 1. The summed E-state index contributed by atoms with van der Waals surface area (Å²) in [5.74, 6) is -2.27. The van der Waals surface area contributed by atoms with E-state index in [1.54, 1.807) is 19.1 Å². The van der Waals surface area contributed by atoms with Crippen molar-refractivity contribution in [1.29, 1.82) is 0 Å². The van der Waals surface area contributed by atoms with E-state index in [1.165, 1.54) is 12.1 Å². The topological polar surface area (TPSA) is 61.8 Å². The van der Waals surface area contributed by atoms with E-state index < -0.39 is 23.7 Å². The van der Waals surface area contributed by atoms with Gasteiger partial charge in [0.25, 0.3) is 11.8 Å². The first kappa shape index (κ1) is 18.2. The number of fused-ring (bicyclic) bond motifs is 1. The van der Waals surface area contributed by atoms with E-state index in [-0.39, 0.29) is 22.5 Å². The summed E-state index contributed by atoms with van der Waals surface area (Å²) < 4.78 is 41.1. The maximum absolute atomic E-state index is 13.7. The maximum Gasteiger partial charge on any atom is 0.442 e. The van der Waals surface area contributed by atoms with Gasteiger partial charge in [-0.1, -0.05) is 45.4 Å². The fraction of sp³-hybridized carbons (Fsp3) is 0.400. The molecule has 0 radical (unpaired) electrons. The first-order valence-electron chi connectivity index (χ1n) is 7.28. The minimum Gasteiger partial charge on any atom is -0.312 e. The zero-order chi connectivity index (χ0) is 18.4. The SMILES string of the molecule is Cc1ccc(C(=O)N[C@@]2(C(F)(F)F)N=C3S[C@H](CBr)CN3C2=O)cc1. The summed E-state index contributed by atoms with van der Waals surface area (Å²) in [6, 6.07) is 6.01. The van der Waals surface area contributed by atoms with E-state index in [0.29, 0.717) is 5.33 Å². The first-order chi connectivity index (χ1) is 11.7. The highest BCUT2D eigenvalue weighted by Gasteiger charge is 2.68. The number of carbonyl (C=O) groups is 2. The Morgan fingerprint density at radius 3 is 2.60 bits per heavy atom. The number of nitrogens with zero attached hydrogens (tertiary/aromatic N) is 2. The summed E-state index contributed by atoms with van der Waals surface area (Å²) in [7, 11) is 0. The van der Waals surface area contributed by atoms with E-state index >= 15 is 0 Å². The molecule has 0 aliphatic carbocycles. The Morgan fingerprint density at radius 2 is 2.08 bits per heavy atom. The summed E-state index contributed by atoms with van der Waals surface area (Å²) >= 11 is 4.33. The van der Waals surface area contributed by atoms with Gasteiger partial charge in [-0.25, -0.2) is 4.99 Å². The van der Waals surface area contributed by atoms with Crippen molar-refractivity contribution in [3.8, 4) is 0 Å². The zero-order valence-corrected chi connectivity index (χ0v) is 15.3. The molecule has 134 valence electrons. The van der Waals surface area contributed by atoms with Crippen LogP contribution in [0.15, 0.2) is 29.3 Å². The van der Waals surface area contributed by atoms with Crippen molar-refractivity contribution >= 4 is 44.7 Å². The number of halogens is 4. The van der Waals surface area contributed by atoms with Crippen molar-refractivity contribution < 1.29 is 22.8 Å². The smallest absolute Gasteiger partial charge is 0.312 e. The van der Waals surface area contributed by atoms with Gasteiger partial charge < -0.3 is 5.32 Å². The minimum atomic E-state index is -5.05. The van der Waals surface area contributed by atoms with Gasteiger partial charge >= 0.3 is 11.8 Å². The standard InChI is InChI=1S/C15H13BrF3N3O2S/c1-8-2-4-9(5-3-8)11(23)20-14(15(17,18)19)12(24)22-7-10(6-16)25-13(22)21-14/h2-5,10H,6-7H2,1H3,(H,20,23)/t10-,14-/m1/s1. The molecule has 2 atom stereocenters. The number of hydrogen-bond acceptors (Lipinski definition) is 4. The number of rotatable bonds is 3. The molecule has 1 saturated heterocycles. The number of amides is 2. The van der Waals surface area contributed by atoms with Gasteiger partial charge in [0.15, 0.2) is 5.17 Å². The van der Waals surface area contributed by atoms with Gasteiger partial charge in [0.2, 0.25) is 0 Å². The van der Waals surface area contributed by atoms with Gasteiger partial charge in [-0.05, 0) is 19.1 Å². The molecule has 0 bridgehead atoms. The second-order valence-electron chi connectivity index (χ2n) is 5.73. The number of hydrogen-bond donors (Lipinski definition) is 1. The van der Waals surface area contributed by atoms with Crippen LogP contribution in [0.3, 0.4) is 0 Å². The number of aliphatic imine (C=N–C) groups is 1. The summed E-state index contributed by atoms with van der Waals surface area (Å²) in [4.78, 5) is 29.3. The van der Waals surface area contributed by atoms with E-state index in [4.69, 9.17) is 0 Å². The second-order valence-corrected chi connectivity index (χ2v) is 7.65. The molecule has 0 saturated carbocycles. The number of amidine groups is 1. The van der Waals surface area contributed by atoms with Gasteiger partial charge in [0.1, 0.15) is 0 Å². The largest absolute Gasteiger partial charge is 0.442 e. The molecule has 0 unspecified atom stereocenters. The van der Waals surface area contributed by atoms with Crippen molar-refractivity contribution in [2.45, 2.75) is 24.0 Å². The molecule has 2 aliphatic heterocycles. The molecule has 0 aromatic heterocycles. The van der Waals surface area contributed by atoms with E-state index in [9.17, 15) is 22.8 Å². The lowest BCUT2D eigenvalue weighted by atomic mass is 10.1. The van der Waals surface area contributed by atoms with Crippen molar-refractivity contribution in [1.82, 2.24) is 10.2 Å². The van der Waals surface area contributed by atoms with Crippen LogP contribution in [-0.4, -0.2) is 50.8 Å². The molecule has 1 N–H and O–H groups in total. The maximum atomic E-state index is 13.7. The van der Waals surface area contributed by atoms with E-state index in [1.807, 2.05) is 5.32 Å². The van der Waals surface area contributed by atoms with Gasteiger partial charge in [0.05, 0.1) is 0 Å². The summed E-state index contributed by atoms with van der Waals surface area (Å²) in [6.45, 7) is 1.91. The normalized spacial score (nSPS) is 25.8. The van der Waals surface area contributed by atoms with Crippen molar-refractivity contribution in [3.05, 3.63) is 35.4 Å². The summed E-state index contributed by atoms with van der Waals surface area (Å²) in [6.07, 6.45) is -5.05. The Balaban J connectivity index is 1.94. The molecule has 1 aromatic carbocycles. The molecule has 10 heteroatoms.